The molecule has 2 saturated carbocycles. The molecule has 0 bridgehead atoms. The van der Waals surface area contributed by atoms with Crippen LogP contribution in [-0.4, -0.2) is 23.8 Å². The van der Waals surface area contributed by atoms with E-state index in [2.05, 4.69) is 20.8 Å². The van der Waals surface area contributed by atoms with Crippen LogP contribution >= 0.6 is 0 Å². The summed E-state index contributed by atoms with van der Waals surface area (Å²) in [6.07, 6.45) is 9.15. The summed E-state index contributed by atoms with van der Waals surface area (Å²) < 4.78 is 4.72. The maximum atomic E-state index is 11.4. The van der Waals surface area contributed by atoms with Crippen LogP contribution in [0.3, 0.4) is 0 Å². The second-order valence-electron chi connectivity index (χ2n) is 9.40. The van der Waals surface area contributed by atoms with Crippen molar-refractivity contribution >= 4 is 5.97 Å². The lowest BCUT2D eigenvalue weighted by Crippen LogP contribution is -2.57. The van der Waals surface area contributed by atoms with Gasteiger partial charge in [0.2, 0.25) is 0 Å². The first-order valence-electron chi connectivity index (χ1n) is 9.50. The van der Waals surface area contributed by atoms with Gasteiger partial charge in [-0.1, -0.05) is 32.8 Å². The van der Waals surface area contributed by atoms with Gasteiger partial charge in [-0.05, 0) is 75.0 Å². The van der Waals surface area contributed by atoms with Crippen molar-refractivity contribution in [1.29, 1.82) is 0 Å². The van der Waals surface area contributed by atoms with Crippen molar-refractivity contribution in [2.24, 2.45) is 22.7 Å². The van der Waals surface area contributed by atoms with E-state index in [1.54, 1.807) is 6.08 Å². The van der Waals surface area contributed by atoms with E-state index in [0.29, 0.717) is 11.3 Å². The Kier molecular flexibility index (Phi) is 5.54. The van der Waals surface area contributed by atoms with Gasteiger partial charge in [0.05, 0.1) is 12.7 Å². The number of ether oxygens (including phenoxy) is 1. The van der Waals surface area contributed by atoms with Crippen LogP contribution in [-0.2, 0) is 9.53 Å². The molecule has 138 valence electrons. The minimum Gasteiger partial charge on any atom is -0.466 e. The predicted octanol–water partition coefficient (Wildman–Crippen LogP) is 4.88. The SMILES string of the molecule is COC(=O)/C=C(\C)CC[C@H]1[C@]2(C)CCCC(C)(C)[C@H]2CC[C@@]1(C)O. The van der Waals surface area contributed by atoms with Gasteiger partial charge in [0.15, 0.2) is 0 Å². The predicted molar refractivity (Wildman–Crippen MR) is 97.6 cm³/mol. The Hall–Kier alpha value is -0.830. The molecule has 4 atom stereocenters. The minimum atomic E-state index is -0.607. The van der Waals surface area contributed by atoms with E-state index < -0.39 is 5.60 Å². The molecule has 3 nitrogen and oxygen atoms in total. The smallest absolute Gasteiger partial charge is 0.330 e. The van der Waals surface area contributed by atoms with Crippen LogP contribution in [0.1, 0.15) is 79.6 Å². The third kappa shape index (κ3) is 3.71. The molecule has 0 saturated heterocycles. The summed E-state index contributed by atoms with van der Waals surface area (Å²) in [5.74, 6) is 0.670. The largest absolute Gasteiger partial charge is 0.466 e. The van der Waals surface area contributed by atoms with Crippen LogP contribution in [0.2, 0.25) is 0 Å². The fourth-order valence-corrected chi connectivity index (χ4v) is 5.97. The average Bonchev–Trinajstić information content (AvgIpc) is 2.44. The maximum absolute atomic E-state index is 11.4. The molecular formula is C21H36O3. The zero-order chi connectivity index (χ0) is 18.2. The summed E-state index contributed by atoms with van der Waals surface area (Å²) in [6, 6.07) is 0. The van der Waals surface area contributed by atoms with E-state index >= 15 is 0 Å². The van der Waals surface area contributed by atoms with Crippen LogP contribution < -0.4 is 0 Å². The molecule has 0 aromatic carbocycles. The summed E-state index contributed by atoms with van der Waals surface area (Å²) in [6.45, 7) is 11.2. The molecule has 0 spiro atoms. The Morgan fingerprint density at radius 3 is 2.50 bits per heavy atom. The molecule has 2 fully saturated rings. The standard InChI is InChI=1S/C21H36O3/c1-15(14-18(22)24-6)8-9-17-20(4)12-7-11-19(2,3)16(20)10-13-21(17,5)23/h14,16-17,23H,7-13H2,1-6H3/b15-14+/t16-,17+,20-,21-/m1/s1. The second kappa shape index (κ2) is 6.82. The van der Waals surface area contributed by atoms with E-state index in [4.69, 9.17) is 4.74 Å². The van der Waals surface area contributed by atoms with Crippen LogP contribution in [0, 0.1) is 22.7 Å². The van der Waals surface area contributed by atoms with Crippen molar-refractivity contribution in [2.45, 2.75) is 85.2 Å². The molecule has 0 aromatic heterocycles. The third-order valence-corrected chi connectivity index (χ3v) is 7.15. The van der Waals surface area contributed by atoms with Crippen molar-refractivity contribution in [3.05, 3.63) is 11.6 Å². The van der Waals surface area contributed by atoms with Crippen molar-refractivity contribution in [3.63, 3.8) is 0 Å². The molecule has 0 unspecified atom stereocenters. The van der Waals surface area contributed by atoms with Crippen molar-refractivity contribution < 1.29 is 14.6 Å². The second-order valence-corrected chi connectivity index (χ2v) is 9.40. The maximum Gasteiger partial charge on any atom is 0.330 e. The molecule has 2 aliphatic carbocycles. The number of carbonyl (C=O) groups is 1. The Morgan fingerprint density at radius 2 is 1.88 bits per heavy atom. The van der Waals surface area contributed by atoms with E-state index in [9.17, 15) is 9.90 Å². The molecule has 0 aliphatic heterocycles. The number of esters is 1. The number of rotatable bonds is 4. The number of hydrogen-bond donors (Lipinski definition) is 1. The minimum absolute atomic E-state index is 0.190. The number of carbonyl (C=O) groups excluding carboxylic acids is 1. The van der Waals surface area contributed by atoms with Crippen LogP contribution in [0.5, 0.6) is 0 Å². The summed E-state index contributed by atoms with van der Waals surface area (Å²) in [5.41, 5.74) is 0.983. The molecule has 0 heterocycles. The summed E-state index contributed by atoms with van der Waals surface area (Å²) in [5, 5.41) is 11.1. The molecule has 2 rings (SSSR count). The number of allylic oxidation sites excluding steroid dienone is 1. The molecule has 0 radical (unpaired) electrons. The van der Waals surface area contributed by atoms with E-state index in [-0.39, 0.29) is 17.3 Å². The summed E-state index contributed by atoms with van der Waals surface area (Å²) >= 11 is 0. The Labute approximate surface area is 147 Å². The summed E-state index contributed by atoms with van der Waals surface area (Å²) in [7, 11) is 1.41. The Bertz CT molecular complexity index is 503. The zero-order valence-electron chi connectivity index (χ0n) is 16.4. The van der Waals surface area contributed by atoms with Crippen LogP contribution in [0.4, 0.5) is 0 Å². The van der Waals surface area contributed by atoms with Gasteiger partial charge in [-0.25, -0.2) is 4.79 Å². The fourth-order valence-electron chi connectivity index (χ4n) is 5.97. The molecule has 0 amide bonds. The molecule has 24 heavy (non-hydrogen) atoms. The van der Waals surface area contributed by atoms with Crippen LogP contribution in [0.25, 0.3) is 0 Å². The lowest BCUT2D eigenvalue weighted by atomic mass is 9.45. The highest BCUT2D eigenvalue weighted by molar-refractivity contribution is 5.82. The number of methoxy groups -OCH3 is 1. The number of aliphatic hydroxyl groups is 1. The third-order valence-electron chi connectivity index (χ3n) is 7.15. The zero-order valence-corrected chi connectivity index (χ0v) is 16.4. The normalized spacial score (nSPS) is 39.2. The highest BCUT2D eigenvalue weighted by atomic mass is 16.5. The quantitative estimate of drug-likeness (QED) is 0.588. The molecule has 0 aromatic rings. The first kappa shape index (κ1) is 19.5. The first-order valence-corrected chi connectivity index (χ1v) is 9.50. The topological polar surface area (TPSA) is 46.5 Å². The molecule has 2 aliphatic rings. The van der Waals surface area contributed by atoms with E-state index in [1.807, 2.05) is 13.8 Å². The average molecular weight is 337 g/mol. The fraction of sp³-hybridized carbons (Fsp3) is 0.857. The van der Waals surface area contributed by atoms with Crippen molar-refractivity contribution in [3.8, 4) is 0 Å². The molecule has 1 N–H and O–H groups in total. The number of hydrogen-bond acceptors (Lipinski definition) is 3. The van der Waals surface area contributed by atoms with Gasteiger partial charge in [-0.15, -0.1) is 0 Å². The molecular weight excluding hydrogens is 300 g/mol. The van der Waals surface area contributed by atoms with Gasteiger partial charge in [0.25, 0.3) is 0 Å². The first-order chi connectivity index (χ1) is 11.0. The van der Waals surface area contributed by atoms with Crippen molar-refractivity contribution in [1.82, 2.24) is 0 Å². The van der Waals surface area contributed by atoms with Gasteiger partial charge < -0.3 is 9.84 Å². The van der Waals surface area contributed by atoms with Gasteiger partial charge in [0, 0.05) is 6.08 Å². The van der Waals surface area contributed by atoms with Gasteiger partial charge in [-0.3, -0.25) is 0 Å². The number of fused-ring (bicyclic) bond motifs is 1. The van der Waals surface area contributed by atoms with Crippen molar-refractivity contribution in [2.75, 3.05) is 7.11 Å². The Morgan fingerprint density at radius 1 is 1.21 bits per heavy atom. The van der Waals surface area contributed by atoms with Gasteiger partial charge >= 0.3 is 5.97 Å². The van der Waals surface area contributed by atoms with E-state index in [0.717, 1.165) is 31.3 Å². The van der Waals surface area contributed by atoms with E-state index in [1.165, 1.54) is 26.4 Å². The monoisotopic (exact) mass is 336 g/mol. The Balaban J connectivity index is 2.21. The lowest BCUT2D eigenvalue weighted by Gasteiger charge is -2.61. The van der Waals surface area contributed by atoms with Crippen LogP contribution in [0.15, 0.2) is 11.6 Å². The highest BCUT2D eigenvalue weighted by Crippen LogP contribution is 2.62. The summed E-state index contributed by atoms with van der Waals surface area (Å²) in [4.78, 5) is 11.4. The van der Waals surface area contributed by atoms with Gasteiger partial charge in [0.1, 0.15) is 0 Å². The molecule has 3 heteroatoms. The van der Waals surface area contributed by atoms with Gasteiger partial charge in [-0.2, -0.15) is 0 Å². The lowest BCUT2D eigenvalue weighted by molar-refractivity contribution is -0.168. The highest BCUT2D eigenvalue weighted by Gasteiger charge is 2.57.